The van der Waals surface area contributed by atoms with Crippen molar-refractivity contribution in [2.24, 2.45) is 0 Å². The molecular formula is C17H10F2N2O7. The lowest BCUT2D eigenvalue weighted by atomic mass is 10.0. The fourth-order valence-electron chi connectivity index (χ4n) is 2.44. The number of nitro groups is 1. The minimum absolute atomic E-state index is 0.116. The van der Waals surface area contributed by atoms with Crippen LogP contribution in [0, 0.1) is 21.7 Å². The van der Waals surface area contributed by atoms with Gasteiger partial charge in [0.15, 0.2) is 17.4 Å². The zero-order valence-electron chi connectivity index (χ0n) is 13.8. The Bertz CT molecular complexity index is 978. The van der Waals surface area contributed by atoms with Crippen molar-refractivity contribution in [3.05, 3.63) is 69.8 Å². The normalized spacial score (nSPS) is 15.9. The van der Waals surface area contributed by atoms with Gasteiger partial charge in [-0.05, 0) is 30.3 Å². The van der Waals surface area contributed by atoms with E-state index >= 15 is 0 Å². The van der Waals surface area contributed by atoms with Crippen LogP contribution in [0.2, 0.25) is 0 Å². The number of ketones is 1. The Labute approximate surface area is 155 Å². The summed E-state index contributed by atoms with van der Waals surface area (Å²) in [5.41, 5.74) is -0.512. The first kappa shape index (κ1) is 18.9. The lowest BCUT2D eigenvalue weighted by Gasteiger charge is -2.18. The number of non-ortho nitro benzene ring substituents is 1. The van der Waals surface area contributed by atoms with Crippen LogP contribution in [-0.4, -0.2) is 40.4 Å². The number of benzene rings is 2. The monoisotopic (exact) mass is 392 g/mol. The number of hydrogen-bond acceptors (Lipinski definition) is 7. The average Bonchev–Trinajstić information content (AvgIpc) is 3.05. The number of amides is 2. The maximum Gasteiger partial charge on any atom is 0.425 e. The molecular weight excluding hydrogens is 382 g/mol. The number of Topliss-reactive ketones (excluding diaryl/α,β-unsaturated/α-hetero) is 1. The van der Waals surface area contributed by atoms with Crippen molar-refractivity contribution in [3.63, 3.8) is 0 Å². The number of nitro benzene ring substituents is 1. The van der Waals surface area contributed by atoms with E-state index in [2.05, 4.69) is 0 Å². The number of halogens is 2. The van der Waals surface area contributed by atoms with Crippen molar-refractivity contribution in [2.75, 3.05) is 6.61 Å². The molecule has 0 bridgehead atoms. The van der Waals surface area contributed by atoms with E-state index in [1.165, 1.54) is 0 Å². The van der Waals surface area contributed by atoms with Gasteiger partial charge in [0, 0.05) is 17.7 Å². The minimum atomic E-state index is -1.44. The number of cyclic esters (lactones) is 1. The average molecular weight is 392 g/mol. The van der Waals surface area contributed by atoms with Crippen LogP contribution < -0.4 is 4.74 Å². The van der Waals surface area contributed by atoms with Crippen LogP contribution in [0.5, 0.6) is 5.75 Å². The zero-order valence-corrected chi connectivity index (χ0v) is 13.8. The third-order valence-corrected chi connectivity index (χ3v) is 3.83. The van der Waals surface area contributed by atoms with E-state index in [0.29, 0.717) is 11.0 Å². The largest absolute Gasteiger partial charge is 0.446 e. The van der Waals surface area contributed by atoms with E-state index in [1.807, 2.05) is 0 Å². The number of carbonyl (C=O) groups excluding carboxylic acids is 3. The summed E-state index contributed by atoms with van der Waals surface area (Å²) in [5.74, 6) is -3.40. The number of hydrogen-bond donors (Lipinski definition) is 0. The Morgan fingerprint density at radius 1 is 1.14 bits per heavy atom. The molecule has 0 saturated carbocycles. The van der Waals surface area contributed by atoms with Crippen molar-refractivity contribution in [2.45, 2.75) is 6.04 Å². The lowest BCUT2D eigenvalue weighted by Crippen LogP contribution is -2.45. The standard InChI is InChI=1S/C17H10F2N2O7/c18-12-6-1-9(7-13(12)19)15(22)14-8-27-16(23)20(14)17(24)28-11-4-2-10(3-5-11)21(25)26/h1-7,14H,8H2. The Kier molecular flexibility index (Phi) is 4.98. The second kappa shape index (κ2) is 7.39. The highest BCUT2D eigenvalue weighted by molar-refractivity contribution is 6.06. The Balaban J connectivity index is 1.79. The highest BCUT2D eigenvalue weighted by Crippen LogP contribution is 2.22. The molecule has 0 spiro atoms. The highest BCUT2D eigenvalue weighted by Gasteiger charge is 2.44. The maximum absolute atomic E-state index is 13.4. The van der Waals surface area contributed by atoms with Crippen molar-refractivity contribution >= 4 is 23.7 Å². The summed E-state index contributed by atoms with van der Waals surface area (Å²) >= 11 is 0. The van der Waals surface area contributed by atoms with Gasteiger partial charge in [0.1, 0.15) is 18.4 Å². The lowest BCUT2D eigenvalue weighted by molar-refractivity contribution is -0.384. The van der Waals surface area contributed by atoms with Crippen LogP contribution in [0.25, 0.3) is 0 Å². The van der Waals surface area contributed by atoms with E-state index in [1.54, 1.807) is 0 Å². The van der Waals surface area contributed by atoms with Crippen LogP contribution in [0.4, 0.5) is 24.1 Å². The molecule has 28 heavy (non-hydrogen) atoms. The molecule has 1 fully saturated rings. The zero-order chi connectivity index (χ0) is 20.4. The molecule has 0 radical (unpaired) electrons. The summed E-state index contributed by atoms with van der Waals surface area (Å²) in [6, 6.07) is 5.35. The first-order valence-electron chi connectivity index (χ1n) is 7.69. The molecule has 0 N–H and O–H groups in total. The van der Waals surface area contributed by atoms with E-state index < -0.39 is 47.2 Å². The second-order valence-corrected chi connectivity index (χ2v) is 5.57. The van der Waals surface area contributed by atoms with E-state index in [4.69, 9.17) is 9.47 Å². The number of ether oxygens (including phenoxy) is 2. The predicted octanol–water partition coefficient (Wildman–Crippen LogP) is 3.08. The fraction of sp³-hybridized carbons (Fsp3) is 0.118. The Hall–Kier alpha value is -3.89. The van der Waals surface area contributed by atoms with Gasteiger partial charge in [-0.1, -0.05) is 0 Å². The van der Waals surface area contributed by atoms with Gasteiger partial charge in [-0.3, -0.25) is 14.9 Å². The summed E-state index contributed by atoms with van der Waals surface area (Å²) in [6.45, 7) is -0.494. The highest BCUT2D eigenvalue weighted by atomic mass is 19.2. The third-order valence-electron chi connectivity index (χ3n) is 3.83. The van der Waals surface area contributed by atoms with Crippen LogP contribution in [-0.2, 0) is 4.74 Å². The summed E-state index contributed by atoms with van der Waals surface area (Å²) in [4.78, 5) is 47.0. The van der Waals surface area contributed by atoms with Gasteiger partial charge in [-0.2, -0.15) is 4.90 Å². The molecule has 2 amide bonds. The number of nitrogens with zero attached hydrogens (tertiary/aromatic N) is 2. The van der Waals surface area contributed by atoms with Gasteiger partial charge in [0.25, 0.3) is 5.69 Å². The van der Waals surface area contributed by atoms with Gasteiger partial charge in [-0.25, -0.2) is 18.4 Å². The molecule has 2 aromatic rings. The predicted molar refractivity (Wildman–Crippen MR) is 86.8 cm³/mol. The summed E-state index contributed by atoms with van der Waals surface area (Å²) in [6.07, 6.45) is -2.43. The van der Waals surface area contributed by atoms with Gasteiger partial charge in [-0.15, -0.1) is 0 Å². The number of carbonyl (C=O) groups is 3. The van der Waals surface area contributed by atoms with Gasteiger partial charge >= 0.3 is 12.2 Å². The second-order valence-electron chi connectivity index (χ2n) is 5.57. The van der Waals surface area contributed by atoms with Crippen LogP contribution in [0.3, 0.4) is 0 Å². The number of imide groups is 1. The molecule has 2 aromatic carbocycles. The molecule has 3 rings (SSSR count). The molecule has 144 valence electrons. The molecule has 1 unspecified atom stereocenters. The van der Waals surface area contributed by atoms with Gasteiger partial charge in [0.2, 0.25) is 0 Å². The first-order valence-corrected chi connectivity index (χ1v) is 7.69. The van der Waals surface area contributed by atoms with Crippen molar-refractivity contribution in [1.82, 2.24) is 4.90 Å². The first-order chi connectivity index (χ1) is 13.3. The number of rotatable bonds is 4. The van der Waals surface area contributed by atoms with Crippen LogP contribution in [0.1, 0.15) is 10.4 Å². The molecule has 1 heterocycles. The molecule has 0 aromatic heterocycles. The van der Waals surface area contributed by atoms with Crippen LogP contribution >= 0.6 is 0 Å². The van der Waals surface area contributed by atoms with Crippen LogP contribution in [0.15, 0.2) is 42.5 Å². The molecule has 11 heteroatoms. The topological polar surface area (TPSA) is 116 Å². The van der Waals surface area contributed by atoms with Gasteiger partial charge < -0.3 is 9.47 Å². The molecule has 1 saturated heterocycles. The summed E-state index contributed by atoms with van der Waals surface area (Å²) in [5, 5.41) is 10.6. The third kappa shape index (κ3) is 3.63. The molecule has 1 aliphatic rings. The molecule has 0 aliphatic carbocycles. The summed E-state index contributed by atoms with van der Waals surface area (Å²) in [7, 11) is 0. The Morgan fingerprint density at radius 3 is 2.43 bits per heavy atom. The van der Waals surface area contributed by atoms with Crippen molar-refractivity contribution in [1.29, 1.82) is 0 Å². The van der Waals surface area contributed by atoms with E-state index in [-0.39, 0.29) is 17.0 Å². The Morgan fingerprint density at radius 2 is 1.82 bits per heavy atom. The fourth-order valence-corrected chi connectivity index (χ4v) is 2.44. The minimum Gasteiger partial charge on any atom is -0.446 e. The van der Waals surface area contributed by atoms with E-state index in [9.17, 15) is 33.3 Å². The van der Waals surface area contributed by atoms with Crippen molar-refractivity contribution < 1.29 is 37.6 Å². The maximum atomic E-state index is 13.4. The quantitative estimate of drug-likeness (QED) is 0.446. The molecule has 9 nitrogen and oxygen atoms in total. The van der Waals surface area contributed by atoms with E-state index in [0.717, 1.165) is 36.4 Å². The SMILES string of the molecule is O=C(c1ccc(F)c(F)c1)C1COC(=O)N1C(=O)Oc1ccc([N+](=O)[O-])cc1. The molecule has 1 atom stereocenters. The summed E-state index contributed by atoms with van der Waals surface area (Å²) < 4.78 is 36.0. The van der Waals surface area contributed by atoms with Crippen molar-refractivity contribution in [3.8, 4) is 5.75 Å². The van der Waals surface area contributed by atoms with Gasteiger partial charge in [0.05, 0.1) is 4.92 Å². The smallest absolute Gasteiger partial charge is 0.425 e. The molecule has 1 aliphatic heterocycles.